The van der Waals surface area contributed by atoms with E-state index in [4.69, 9.17) is 17.3 Å². The molecule has 1 fully saturated rings. The van der Waals surface area contributed by atoms with Crippen molar-refractivity contribution < 1.29 is 14.3 Å². The number of rotatable bonds is 3. The standard InChI is InChI=1S/C11H15ClN4O3S/c1-19-9(17)7-8(12)15-11(20-7)16-4-2-6(3-5-16)14-10(13)18/h6H,2-5H2,1H3,(H3,13,14,18). The highest BCUT2D eigenvalue weighted by Gasteiger charge is 2.25. The Kier molecular flexibility index (Phi) is 4.66. The molecular weight excluding hydrogens is 304 g/mol. The lowest BCUT2D eigenvalue weighted by Gasteiger charge is -2.31. The molecule has 1 saturated heterocycles. The lowest BCUT2D eigenvalue weighted by Crippen LogP contribution is -2.46. The maximum absolute atomic E-state index is 11.5. The van der Waals surface area contributed by atoms with Crippen molar-refractivity contribution in [1.82, 2.24) is 10.3 Å². The second-order valence-corrected chi connectivity index (χ2v) is 5.71. The number of aromatic nitrogens is 1. The van der Waals surface area contributed by atoms with Crippen LogP contribution in [0.2, 0.25) is 5.15 Å². The van der Waals surface area contributed by atoms with Crippen molar-refractivity contribution in [2.45, 2.75) is 18.9 Å². The van der Waals surface area contributed by atoms with Gasteiger partial charge in [-0.05, 0) is 12.8 Å². The molecule has 0 saturated carbocycles. The quantitative estimate of drug-likeness (QED) is 0.817. The van der Waals surface area contributed by atoms with Gasteiger partial charge in [0.25, 0.3) is 0 Å². The Morgan fingerprint density at radius 1 is 1.50 bits per heavy atom. The largest absolute Gasteiger partial charge is 0.465 e. The molecule has 2 heterocycles. The highest BCUT2D eigenvalue weighted by Crippen LogP contribution is 2.31. The van der Waals surface area contributed by atoms with Crippen molar-refractivity contribution >= 4 is 40.1 Å². The van der Waals surface area contributed by atoms with Crippen LogP contribution in [0.3, 0.4) is 0 Å². The predicted octanol–water partition coefficient (Wildman–Crippen LogP) is 1.22. The lowest BCUT2D eigenvalue weighted by atomic mass is 10.1. The van der Waals surface area contributed by atoms with Gasteiger partial charge in [0.05, 0.1) is 7.11 Å². The van der Waals surface area contributed by atoms with Gasteiger partial charge >= 0.3 is 12.0 Å². The molecule has 0 atom stereocenters. The molecule has 1 aliphatic rings. The number of ether oxygens (including phenoxy) is 1. The number of anilines is 1. The third kappa shape index (κ3) is 3.31. The SMILES string of the molecule is COC(=O)c1sc(N2CCC(NC(N)=O)CC2)nc1Cl. The summed E-state index contributed by atoms with van der Waals surface area (Å²) in [6, 6.07) is -0.423. The van der Waals surface area contributed by atoms with E-state index in [2.05, 4.69) is 15.0 Å². The second kappa shape index (κ2) is 6.27. The third-order valence-corrected chi connectivity index (χ3v) is 4.54. The maximum Gasteiger partial charge on any atom is 0.351 e. The number of nitrogens with zero attached hydrogens (tertiary/aromatic N) is 2. The first-order valence-electron chi connectivity index (χ1n) is 6.06. The summed E-state index contributed by atoms with van der Waals surface area (Å²) in [4.78, 5) is 28.8. The summed E-state index contributed by atoms with van der Waals surface area (Å²) in [6.07, 6.45) is 1.54. The molecule has 0 aromatic carbocycles. The van der Waals surface area contributed by atoms with E-state index in [0.717, 1.165) is 25.9 Å². The minimum Gasteiger partial charge on any atom is -0.465 e. The molecule has 9 heteroatoms. The number of nitrogens with two attached hydrogens (primary N) is 1. The second-order valence-electron chi connectivity index (χ2n) is 4.38. The number of primary amides is 1. The van der Waals surface area contributed by atoms with Crippen LogP contribution >= 0.6 is 22.9 Å². The number of hydrogen-bond donors (Lipinski definition) is 2. The van der Waals surface area contributed by atoms with Gasteiger partial charge in [0.15, 0.2) is 15.2 Å². The van der Waals surface area contributed by atoms with Crippen LogP contribution in [0, 0.1) is 0 Å². The lowest BCUT2D eigenvalue weighted by molar-refractivity contribution is 0.0606. The molecule has 0 spiro atoms. The van der Waals surface area contributed by atoms with Crippen molar-refractivity contribution in [3.05, 3.63) is 10.0 Å². The highest BCUT2D eigenvalue weighted by molar-refractivity contribution is 7.18. The molecule has 3 N–H and O–H groups in total. The van der Waals surface area contributed by atoms with Gasteiger partial charge in [-0.15, -0.1) is 0 Å². The number of thiazole rings is 1. The fraction of sp³-hybridized carbons (Fsp3) is 0.545. The fourth-order valence-electron chi connectivity index (χ4n) is 2.06. The molecule has 1 aromatic heterocycles. The topological polar surface area (TPSA) is 97.5 Å². The zero-order valence-corrected chi connectivity index (χ0v) is 12.5. The summed E-state index contributed by atoms with van der Waals surface area (Å²) in [5.41, 5.74) is 5.10. The van der Waals surface area contributed by atoms with Crippen LogP contribution < -0.4 is 16.0 Å². The van der Waals surface area contributed by atoms with Gasteiger partial charge in [-0.25, -0.2) is 14.6 Å². The van der Waals surface area contributed by atoms with Crippen LogP contribution in [0.1, 0.15) is 22.5 Å². The average molecular weight is 319 g/mol. The van der Waals surface area contributed by atoms with Crippen LogP contribution in [0.4, 0.5) is 9.93 Å². The molecule has 1 aliphatic heterocycles. The molecule has 0 radical (unpaired) electrons. The number of carbonyl (C=O) groups is 2. The van der Waals surface area contributed by atoms with Gasteiger partial charge in [0, 0.05) is 19.1 Å². The van der Waals surface area contributed by atoms with Crippen LogP contribution in [0.5, 0.6) is 0 Å². The van der Waals surface area contributed by atoms with Crippen LogP contribution in [-0.4, -0.2) is 43.2 Å². The Bertz CT molecular complexity index is 514. The minimum atomic E-state index is -0.506. The molecule has 0 bridgehead atoms. The Balaban J connectivity index is 2.00. The van der Waals surface area contributed by atoms with Crippen molar-refractivity contribution in [1.29, 1.82) is 0 Å². The number of carbonyl (C=O) groups excluding carboxylic acids is 2. The van der Waals surface area contributed by atoms with Crippen LogP contribution in [0.15, 0.2) is 0 Å². The van der Waals surface area contributed by atoms with Gasteiger partial charge in [0.2, 0.25) is 0 Å². The molecule has 2 rings (SSSR count). The molecule has 7 nitrogen and oxygen atoms in total. The van der Waals surface area contributed by atoms with Gasteiger partial charge in [0.1, 0.15) is 0 Å². The van der Waals surface area contributed by atoms with Gasteiger partial charge < -0.3 is 20.7 Å². The summed E-state index contributed by atoms with van der Waals surface area (Å²) in [5.74, 6) is -0.482. The van der Waals surface area contributed by atoms with Crippen LogP contribution in [0.25, 0.3) is 0 Å². The average Bonchev–Trinajstić information content (AvgIpc) is 2.80. The van der Waals surface area contributed by atoms with E-state index in [0.29, 0.717) is 10.0 Å². The number of piperidine rings is 1. The number of methoxy groups -OCH3 is 1. The van der Waals surface area contributed by atoms with Crippen molar-refractivity contribution in [2.75, 3.05) is 25.1 Å². The zero-order valence-electron chi connectivity index (χ0n) is 10.9. The van der Waals surface area contributed by atoms with E-state index in [-0.39, 0.29) is 11.2 Å². The van der Waals surface area contributed by atoms with E-state index in [9.17, 15) is 9.59 Å². The Hall–Kier alpha value is -1.54. The first kappa shape index (κ1) is 14.9. The fourth-order valence-corrected chi connectivity index (χ4v) is 3.31. The number of amides is 2. The Morgan fingerprint density at radius 2 is 2.15 bits per heavy atom. The summed E-state index contributed by atoms with van der Waals surface area (Å²) < 4.78 is 4.65. The molecule has 0 unspecified atom stereocenters. The first-order chi connectivity index (χ1) is 9.51. The zero-order chi connectivity index (χ0) is 14.7. The van der Waals surface area contributed by atoms with Crippen molar-refractivity contribution in [2.24, 2.45) is 5.73 Å². The smallest absolute Gasteiger partial charge is 0.351 e. The summed E-state index contributed by atoms with van der Waals surface area (Å²) in [6.45, 7) is 1.44. The summed E-state index contributed by atoms with van der Waals surface area (Å²) in [7, 11) is 1.30. The molecule has 2 amide bonds. The molecule has 110 valence electrons. The highest BCUT2D eigenvalue weighted by atomic mass is 35.5. The number of hydrogen-bond acceptors (Lipinski definition) is 6. The first-order valence-corrected chi connectivity index (χ1v) is 7.26. The molecule has 20 heavy (non-hydrogen) atoms. The minimum absolute atomic E-state index is 0.0826. The van der Waals surface area contributed by atoms with E-state index < -0.39 is 12.0 Å². The number of halogens is 1. The molecule has 1 aromatic rings. The van der Waals surface area contributed by atoms with E-state index >= 15 is 0 Å². The number of esters is 1. The van der Waals surface area contributed by atoms with Gasteiger partial charge in [-0.3, -0.25) is 0 Å². The van der Waals surface area contributed by atoms with E-state index in [1.807, 2.05) is 4.90 Å². The maximum atomic E-state index is 11.5. The predicted molar refractivity (Wildman–Crippen MR) is 76.4 cm³/mol. The monoisotopic (exact) mass is 318 g/mol. The molecule has 0 aliphatic carbocycles. The van der Waals surface area contributed by atoms with E-state index in [1.54, 1.807) is 0 Å². The van der Waals surface area contributed by atoms with Gasteiger partial charge in [-0.1, -0.05) is 22.9 Å². The number of nitrogens with one attached hydrogen (secondary N) is 1. The van der Waals surface area contributed by atoms with E-state index in [1.165, 1.54) is 18.4 Å². The van der Waals surface area contributed by atoms with Gasteiger partial charge in [-0.2, -0.15) is 0 Å². The van der Waals surface area contributed by atoms with Crippen molar-refractivity contribution in [3.63, 3.8) is 0 Å². The third-order valence-electron chi connectivity index (χ3n) is 3.06. The van der Waals surface area contributed by atoms with Crippen LogP contribution in [-0.2, 0) is 4.74 Å². The molecular formula is C11H15ClN4O3S. The summed E-state index contributed by atoms with van der Waals surface area (Å²) in [5, 5.41) is 3.54. The summed E-state index contributed by atoms with van der Waals surface area (Å²) >= 11 is 7.14. The number of urea groups is 1. The van der Waals surface area contributed by atoms with Crippen molar-refractivity contribution in [3.8, 4) is 0 Å². The normalized spacial score (nSPS) is 16.0. The Morgan fingerprint density at radius 3 is 2.70 bits per heavy atom. The Labute approximate surface area is 125 Å².